The number of benzene rings is 2. The van der Waals surface area contributed by atoms with Crippen LogP contribution in [0.2, 0.25) is 0 Å². The van der Waals surface area contributed by atoms with Crippen LogP contribution in [0.15, 0.2) is 58.4 Å². The Hall–Kier alpha value is -3.53. The highest BCUT2D eigenvalue weighted by atomic mass is 32.2. The van der Waals surface area contributed by atoms with Crippen molar-refractivity contribution in [2.75, 3.05) is 11.9 Å². The number of esters is 1. The van der Waals surface area contributed by atoms with Crippen molar-refractivity contribution in [2.24, 2.45) is 4.99 Å². The lowest BCUT2D eigenvalue weighted by atomic mass is 10.1. The summed E-state index contributed by atoms with van der Waals surface area (Å²) in [7, 11) is -3.71. The first kappa shape index (κ1) is 21.2. The molecule has 10 heteroatoms. The Morgan fingerprint density at radius 3 is 2.43 bits per heavy atom. The number of aliphatic imine (C=N–C) groups is 1. The maximum Gasteiger partial charge on any atom is 0.331 e. The Bertz CT molecular complexity index is 1140. The van der Waals surface area contributed by atoms with E-state index in [0.717, 1.165) is 0 Å². The van der Waals surface area contributed by atoms with E-state index in [0.29, 0.717) is 16.8 Å². The van der Waals surface area contributed by atoms with Gasteiger partial charge in [-0.25, -0.2) is 13.2 Å². The fourth-order valence-electron chi connectivity index (χ4n) is 2.76. The molecule has 2 aromatic rings. The first-order valence-electron chi connectivity index (χ1n) is 8.95. The minimum absolute atomic E-state index is 0.0509. The minimum atomic E-state index is -3.71. The summed E-state index contributed by atoms with van der Waals surface area (Å²) in [5.41, 5.74) is 1.22. The fraction of sp³-hybridized carbons (Fsp3) is 0.200. The average Bonchev–Trinajstić information content (AvgIpc) is 2.96. The van der Waals surface area contributed by atoms with Crippen molar-refractivity contribution in [3.63, 3.8) is 0 Å². The molecule has 1 atom stereocenters. The Morgan fingerprint density at radius 2 is 1.77 bits per heavy atom. The van der Waals surface area contributed by atoms with Crippen LogP contribution in [-0.4, -0.2) is 44.6 Å². The van der Waals surface area contributed by atoms with E-state index in [9.17, 15) is 22.8 Å². The summed E-state index contributed by atoms with van der Waals surface area (Å²) in [6, 6.07) is 11.4. The molecule has 0 bridgehead atoms. The molecule has 1 amide bonds. The number of carbonyl (C=O) groups is 3. The van der Waals surface area contributed by atoms with Crippen molar-refractivity contribution >= 4 is 39.2 Å². The molecular weight excluding hydrogens is 410 g/mol. The molecule has 0 radical (unpaired) electrons. The van der Waals surface area contributed by atoms with E-state index in [4.69, 9.17) is 4.74 Å². The second-order valence-corrected chi connectivity index (χ2v) is 8.20. The van der Waals surface area contributed by atoms with Gasteiger partial charge in [0.25, 0.3) is 10.0 Å². The van der Waals surface area contributed by atoms with E-state index >= 15 is 0 Å². The monoisotopic (exact) mass is 429 g/mol. The van der Waals surface area contributed by atoms with Gasteiger partial charge in [0.15, 0.2) is 12.4 Å². The number of carbonyl (C=O) groups excluding carboxylic acids is 3. The van der Waals surface area contributed by atoms with Gasteiger partial charge in [0.05, 0.1) is 4.90 Å². The van der Waals surface area contributed by atoms with E-state index in [2.05, 4.69) is 15.0 Å². The predicted molar refractivity (Wildman–Crippen MR) is 109 cm³/mol. The molecule has 0 saturated carbocycles. The highest BCUT2D eigenvalue weighted by Gasteiger charge is 2.31. The molecule has 0 spiro atoms. The Kier molecular flexibility index (Phi) is 5.97. The van der Waals surface area contributed by atoms with E-state index in [1.54, 1.807) is 30.3 Å². The highest BCUT2D eigenvalue weighted by molar-refractivity contribution is 7.90. The zero-order valence-electron chi connectivity index (χ0n) is 16.2. The van der Waals surface area contributed by atoms with Gasteiger partial charge in [0, 0.05) is 23.7 Å². The summed E-state index contributed by atoms with van der Waals surface area (Å²) in [6.45, 7) is 2.32. The number of hydrogen-bond acceptors (Lipinski definition) is 7. The van der Waals surface area contributed by atoms with Gasteiger partial charge in [-0.3, -0.25) is 19.3 Å². The smallest absolute Gasteiger partial charge is 0.331 e. The summed E-state index contributed by atoms with van der Waals surface area (Å²) in [6.07, 6.45) is 0. The van der Waals surface area contributed by atoms with Gasteiger partial charge in [0.1, 0.15) is 11.9 Å². The first-order chi connectivity index (χ1) is 14.2. The summed E-state index contributed by atoms with van der Waals surface area (Å²) in [5, 5.41) is 2.58. The standard InChI is InChI=1S/C20H19N3O6S/c1-12(21-19-16-5-3-4-6-18(16)30(27,28)23-19)20(26)29-11-17(25)14-7-9-15(10-8-14)22-13(2)24/h3-10,12H,11H2,1-2H3,(H,21,23)(H,22,24)/t12-/m0/s1. The van der Waals surface area contributed by atoms with Crippen LogP contribution in [0.4, 0.5) is 5.69 Å². The lowest BCUT2D eigenvalue weighted by Gasteiger charge is -2.09. The number of sulfonamides is 1. The summed E-state index contributed by atoms with van der Waals surface area (Å²) < 4.78 is 31.5. The van der Waals surface area contributed by atoms with Gasteiger partial charge in [-0.1, -0.05) is 12.1 Å². The molecule has 2 N–H and O–H groups in total. The van der Waals surface area contributed by atoms with Crippen molar-refractivity contribution < 1.29 is 27.5 Å². The largest absolute Gasteiger partial charge is 0.456 e. The second-order valence-electron chi connectivity index (χ2n) is 6.54. The topological polar surface area (TPSA) is 131 Å². The van der Waals surface area contributed by atoms with Crippen LogP contribution in [0.5, 0.6) is 0 Å². The van der Waals surface area contributed by atoms with Crippen LogP contribution in [-0.2, 0) is 24.3 Å². The summed E-state index contributed by atoms with van der Waals surface area (Å²) in [5.74, 6) is -1.38. The highest BCUT2D eigenvalue weighted by Crippen LogP contribution is 2.22. The Morgan fingerprint density at radius 1 is 1.10 bits per heavy atom. The number of Topliss-reactive ketones (excluding diaryl/α,β-unsaturated/α-hetero) is 1. The van der Waals surface area contributed by atoms with Crippen LogP contribution in [0.25, 0.3) is 0 Å². The van der Waals surface area contributed by atoms with Gasteiger partial charge >= 0.3 is 5.97 Å². The lowest BCUT2D eigenvalue weighted by Crippen LogP contribution is -2.27. The third kappa shape index (κ3) is 4.71. The summed E-state index contributed by atoms with van der Waals surface area (Å²) in [4.78, 5) is 39.6. The SMILES string of the molecule is CC(=O)Nc1ccc(C(=O)COC(=O)[C@H](C)N=C2NS(=O)(=O)c3ccccc32)cc1. The third-order valence-corrected chi connectivity index (χ3v) is 5.60. The number of ether oxygens (including phenoxy) is 1. The van der Waals surface area contributed by atoms with Crippen molar-refractivity contribution in [3.8, 4) is 0 Å². The number of nitrogens with zero attached hydrogens (tertiary/aromatic N) is 1. The van der Waals surface area contributed by atoms with Crippen molar-refractivity contribution in [2.45, 2.75) is 24.8 Å². The van der Waals surface area contributed by atoms with E-state index < -0.39 is 34.4 Å². The molecule has 1 aliphatic heterocycles. The number of ketones is 1. The van der Waals surface area contributed by atoms with Crippen molar-refractivity contribution in [1.82, 2.24) is 4.72 Å². The third-order valence-electron chi connectivity index (χ3n) is 4.20. The van der Waals surface area contributed by atoms with Gasteiger partial charge in [-0.05, 0) is 43.3 Å². The normalized spacial score (nSPS) is 16.3. The molecule has 1 heterocycles. The molecule has 156 valence electrons. The average molecular weight is 429 g/mol. The molecular formula is C20H19N3O6S. The molecule has 0 aromatic heterocycles. The molecule has 0 aliphatic carbocycles. The van der Waals surface area contributed by atoms with Crippen molar-refractivity contribution in [3.05, 3.63) is 59.7 Å². The van der Waals surface area contributed by atoms with Gasteiger partial charge in [-0.2, -0.15) is 0 Å². The van der Waals surface area contributed by atoms with Crippen LogP contribution >= 0.6 is 0 Å². The van der Waals surface area contributed by atoms with Gasteiger partial charge in [0.2, 0.25) is 5.91 Å². The van der Waals surface area contributed by atoms with Crippen LogP contribution < -0.4 is 10.0 Å². The maximum atomic E-state index is 12.2. The van der Waals surface area contributed by atoms with Gasteiger partial charge in [-0.15, -0.1) is 0 Å². The summed E-state index contributed by atoms with van der Waals surface area (Å²) >= 11 is 0. The minimum Gasteiger partial charge on any atom is -0.456 e. The number of amides is 1. The van der Waals surface area contributed by atoms with Gasteiger partial charge < -0.3 is 10.1 Å². The molecule has 1 aliphatic rings. The number of amidine groups is 1. The van der Waals surface area contributed by atoms with Crippen LogP contribution in [0, 0.1) is 0 Å². The molecule has 0 fully saturated rings. The lowest BCUT2D eigenvalue weighted by molar-refractivity contribution is -0.143. The molecule has 0 unspecified atom stereocenters. The molecule has 2 aromatic carbocycles. The molecule has 0 saturated heterocycles. The zero-order valence-corrected chi connectivity index (χ0v) is 17.0. The Labute approximate surface area is 173 Å². The van der Waals surface area contributed by atoms with E-state index in [1.165, 1.54) is 32.0 Å². The molecule has 30 heavy (non-hydrogen) atoms. The first-order valence-corrected chi connectivity index (χ1v) is 10.4. The zero-order chi connectivity index (χ0) is 21.9. The van der Waals surface area contributed by atoms with E-state index in [1.807, 2.05) is 0 Å². The number of anilines is 1. The number of fused-ring (bicyclic) bond motifs is 1. The van der Waals surface area contributed by atoms with Crippen molar-refractivity contribution in [1.29, 1.82) is 0 Å². The number of hydrogen-bond donors (Lipinski definition) is 2. The quantitative estimate of drug-likeness (QED) is 0.528. The predicted octanol–water partition coefficient (Wildman–Crippen LogP) is 1.50. The van der Waals surface area contributed by atoms with Crippen LogP contribution in [0.3, 0.4) is 0 Å². The second kappa shape index (κ2) is 8.46. The maximum absolute atomic E-state index is 12.2. The Balaban J connectivity index is 1.62. The number of nitrogens with one attached hydrogen (secondary N) is 2. The molecule has 3 rings (SSSR count). The van der Waals surface area contributed by atoms with E-state index in [-0.39, 0.29) is 16.6 Å². The van der Waals surface area contributed by atoms with Crippen LogP contribution in [0.1, 0.15) is 29.8 Å². The molecule has 9 nitrogen and oxygen atoms in total. The number of rotatable bonds is 6. The fourth-order valence-corrected chi connectivity index (χ4v) is 4.00.